The monoisotopic (exact) mass is 322 g/mol. The van der Waals surface area contributed by atoms with E-state index in [1.807, 2.05) is 24.3 Å². The van der Waals surface area contributed by atoms with Crippen LogP contribution in [0.3, 0.4) is 0 Å². The van der Waals surface area contributed by atoms with Gasteiger partial charge in [0.15, 0.2) is 4.34 Å². The van der Waals surface area contributed by atoms with E-state index in [9.17, 15) is 4.79 Å². The lowest BCUT2D eigenvalue weighted by atomic mass is 10.0. The summed E-state index contributed by atoms with van der Waals surface area (Å²) in [6.07, 6.45) is 0. The zero-order valence-corrected chi connectivity index (χ0v) is 13.8. The number of para-hydroxylation sites is 1. The van der Waals surface area contributed by atoms with Crippen molar-refractivity contribution < 1.29 is 4.79 Å². The van der Waals surface area contributed by atoms with Crippen molar-refractivity contribution in [2.75, 3.05) is 23.4 Å². The average Bonchev–Trinajstić information content (AvgIpc) is 2.93. The molecule has 2 aromatic rings. The first-order valence-electron chi connectivity index (χ1n) is 6.63. The van der Waals surface area contributed by atoms with Crippen molar-refractivity contribution in [1.29, 1.82) is 0 Å². The number of nitrogens with one attached hydrogen (secondary N) is 2. The number of amides is 1. The molecular weight excluding hydrogens is 304 g/mol. The predicted octanol–water partition coefficient (Wildman–Crippen LogP) is 3.43. The fourth-order valence-corrected chi connectivity index (χ4v) is 3.30. The van der Waals surface area contributed by atoms with Gasteiger partial charge in [-0.1, -0.05) is 55.1 Å². The third kappa shape index (κ3) is 4.44. The van der Waals surface area contributed by atoms with Gasteiger partial charge in [0.1, 0.15) is 0 Å². The summed E-state index contributed by atoms with van der Waals surface area (Å²) < 4.78 is 0.784. The Bertz CT molecular complexity index is 613. The molecule has 0 fully saturated rings. The summed E-state index contributed by atoms with van der Waals surface area (Å²) in [5.74, 6) is 0.662. The molecule has 0 bridgehead atoms. The first-order valence-corrected chi connectivity index (χ1v) is 8.43. The molecule has 0 unspecified atom stereocenters. The number of hydrogen-bond acceptors (Lipinski definition) is 6. The smallest absolute Gasteiger partial charge is 0.234 e. The number of benzene rings is 1. The van der Waals surface area contributed by atoms with E-state index >= 15 is 0 Å². The van der Waals surface area contributed by atoms with Crippen molar-refractivity contribution in [2.45, 2.75) is 24.1 Å². The molecule has 0 saturated heterocycles. The molecule has 0 spiro atoms. The summed E-state index contributed by atoms with van der Waals surface area (Å²) in [6.45, 7) is 4.22. The fourth-order valence-electron chi connectivity index (χ4n) is 1.80. The number of aromatic nitrogens is 2. The Balaban J connectivity index is 1.93. The predicted molar refractivity (Wildman–Crippen MR) is 89.3 cm³/mol. The molecule has 1 aromatic carbocycles. The van der Waals surface area contributed by atoms with Gasteiger partial charge in [-0.05, 0) is 17.5 Å². The van der Waals surface area contributed by atoms with Gasteiger partial charge in [-0.25, -0.2) is 0 Å². The Morgan fingerprint density at radius 2 is 2.10 bits per heavy atom. The van der Waals surface area contributed by atoms with E-state index in [0.717, 1.165) is 20.7 Å². The molecule has 112 valence electrons. The fraction of sp³-hybridized carbons (Fsp3) is 0.357. The van der Waals surface area contributed by atoms with Gasteiger partial charge in [0.2, 0.25) is 11.0 Å². The van der Waals surface area contributed by atoms with Crippen molar-refractivity contribution in [3.05, 3.63) is 29.8 Å². The summed E-state index contributed by atoms with van der Waals surface area (Å²) in [6, 6.07) is 7.89. The molecular formula is C14H18N4OS2. The van der Waals surface area contributed by atoms with Gasteiger partial charge in [-0.3, -0.25) is 4.79 Å². The van der Waals surface area contributed by atoms with Gasteiger partial charge in [0.05, 0.1) is 5.75 Å². The molecule has 2 rings (SSSR count). The van der Waals surface area contributed by atoms with E-state index < -0.39 is 0 Å². The van der Waals surface area contributed by atoms with Crippen molar-refractivity contribution in [3.8, 4) is 0 Å². The van der Waals surface area contributed by atoms with Crippen molar-refractivity contribution in [1.82, 2.24) is 10.2 Å². The van der Waals surface area contributed by atoms with Gasteiger partial charge in [0.25, 0.3) is 0 Å². The highest BCUT2D eigenvalue weighted by atomic mass is 32.2. The Hall–Kier alpha value is -1.60. The highest BCUT2D eigenvalue weighted by Gasteiger charge is 2.11. The average molecular weight is 322 g/mol. The lowest BCUT2D eigenvalue weighted by molar-refractivity contribution is -0.113. The summed E-state index contributed by atoms with van der Waals surface area (Å²) >= 11 is 2.83. The minimum Gasteiger partial charge on any atom is -0.363 e. The van der Waals surface area contributed by atoms with Crippen LogP contribution in [0.15, 0.2) is 28.6 Å². The van der Waals surface area contributed by atoms with Gasteiger partial charge >= 0.3 is 0 Å². The number of rotatable bonds is 6. The first-order chi connectivity index (χ1) is 10.1. The van der Waals surface area contributed by atoms with E-state index in [-0.39, 0.29) is 5.91 Å². The summed E-state index contributed by atoms with van der Waals surface area (Å²) in [4.78, 5) is 12.0. The molecule has 2 N–H and O–H groups in total. The van der Waals surface area contributed by atoms with E-state index in [0.29, 0.717) is 11.7 Å². The summed E-state index contributed by atoms with van der Waals surface area (Å²) in [7, 11) is 1.80. The van der Waals surface area contributed by atoms with Crippen LogP contribution in [-0.2, 0) is 4.79 Å². The number of hydrogen-bond donors (Lipinski definition) is 2. The van der Waals surface area contributed by atoms with Gasteiger partial charge < -0.3 is 10.6 Å². The zero-order valence-electron chi connectivity index (χ0n) is 12.2. The van der Waals surface area contributed by atoms with Crippen LogP contribution in [0.25, 0.3) is 0 Å². The molecule has 7 heteroatoms. The van der Waals surface area contributed by atoms with E-state index in [2.05, 4.69) is 34.7 Å². The topological polar surface area (TPSA) is 66.9 Å². The van der Waals surface area contributed by atoms with E-state index in [1.165, 1.54) is 23.1 Å². The lowest BCUT2D eigenvalue weighted by Gasteiger charge is -2.13. The Morgan fingerprint density at radius 1 is 1.33 bits per heavy atom. The first kappa shape index (κ1) is 15.8. The highest BCUT2D eigenvalue weighted by Crippen LogP contribution is 2.26. The minimum absolute atomic E-state index is 0.0330. The van der Waals surface area contributed by atoms with Crippen LogP contribution in [0.1, 0.15) is 25.3 Å². The molecule has 1 heterocycles. The van der Waals surface area contributed by atoms with E-state index in [4.69, 9.17) is 0 Å². The molecule has 0 aliphatic heterocycles. The molecule has 1 amide bonds. The standard InChI is InChI=1S/C14H18N4OS2/c1-9(2)10-6-4-5-7-11(10)16-12(19)8-20-14-18-17-13(15-3)21-14/h4-7,9H,8H2,1-3H3,(H,15,17)(H,16,19). The second-order valence-electron chi connectivity index (χ2n) is 4.70. The molecule has 0 radical (unpaired) electrons. The summed E-state index contributed by atoms with van der Waals surface area (Å²) in [5, 5.41) is 14.6. The molecule has 0 aliphatic carbocycles. The van der Waals surface area contributed by atoms with Crippen LogP contribution in [0.5, 0.6) is 0 Å². The molecule has 0 atom stereocenters. The second kappa shape index (κ2) is 7.42. The van der Waals surface area contributed by atoms with Crippen LogP contribution >= 0.6 is 23.1 Å². The quantitative estimate of drug-likeness (QED) is 0.798. The second-order valence-corrected chi connectivity index (χ2v) is 6.90. The van der Waals surface area contributed by atoms with Crippen molar-refractivity contribution in [2.24, 2.45) is 0 Å². The third-order valence-electron chi connectivity index (χ3n) is 2.80. The summed E-state index contributed by atoms with van der Waals surface area (Å²) in [5.41, 5.74) is 2.02. The Morgan fingerprint density at radius 3 is 2.76 bits per heavy atom. The van der Waals surface area contributed by atoms with Gasteiger partial charge in [0, 0.05) is 12.7 Å². The van der Waals surface area contributed by atoms with Crippen LogP contribution in [0.4, 0.5) is 10.8 Å². The largest absolute Gasteiger partial charge is 0.363 e. The number of nitrogens with zero attached hydrogens (tertiary/aromatic N) is 2. The Kier molecular flexibility index (Phi) is 5.58. The molecule has 0 aliphatic rings. The number of anilines is 2. The molecule has 5 nitrogen and oxygen atoms in total. The maximum absolute atomic E-state index is 12.0. The lowest BCUT2D eigenvalue weighted by Crippen LogP contribution is -2.15. The zero-order chi connectivity index (χ0) is 15.2. The van der Waals surface area contributed by atoms with Gasteiger partial charge in [-0.2, -0.15) is 0 Å². The third-order valence-corrected chi connectivity index (χ3v) is 4.88. The molecule has 21 heavy (non-hydrogen) atoms. The molecule has 0 saturated carbocycles. The maximum Gasteiger partial charge on any atom is 0.234 e. The van der Waals surface area contributed by atoms with Gasteiger partial charge in [-0.15, -0.1) is 10.2 Å². The molecule has 1 aromatic heterocycles. The van der Waals surface area contributed by atoms with Crippen LogP contribution < -0.4 is 10.6 Å². The SMILES string of the molecule is CNc1nnc(SCC(=O)Nc2ccccc2C(C)C)s1. The number of thioether (sulfide) groups is 1. The maximum atomic E-state index is 12.0. The number of carbonyl (C=O) groups is 1. The van der Waals surface area contributed by atoms with E-state index in [1.54, 1.807) is 7.05 Å². The van der Waals surface area contributed by atoms with Crippen molar-refractivity contribution >= 4 is 39.8 Å². The van der Waals surface area contributed by atoms with Crippen LogP contribution in [0.2, 0.25) is 0 Å². The minimum atomic E-state index is -0.0330. The highest BCUT2D eigenvalue weighted by molar-refractivity contribution is 8.01. The number of carbonyl (C=O) groups excluding carboxylic acids is 1. The normalized spacial score (nSPS) is 10.7. The van der Waals surface area contributed by atoms with Crippen LogP contribution in [0, 0.1) is 0 Å². The Labute approximate surface area is 132 Å². The van der Waals surface area contributed by atoms with Crippen molar-refractivity contribution in [3.63, 3.8) is 0 Å². The van der Waals surface area contributed by atoms with Crippen LogP contribution in [-0.4, -0.2) is 28.9 Å².